The highest BCUT2D eigenvalue weighted by Crippen LogP contribution is 2.26. The van der Waals surface area contributed by atoms with Gasteiger partial charge in [-0.2, -0.15) is 4.99 Å². The zero-order valence-electron chi connectivity index (χ0n) is 14.1. The van der Waals surface area contributed by atoms with Crippen LogP contribution in [0.2, 0.25) is 0 Å². The van der Waals surface area contributed by atoms with Crippen molar-refractivity contribution in [3.05, 3.63) is 68.2 Å². The number of methoxy groups -OCH3 is 1. The molecule has 0 saturated carbocycles. The number of rotatable bonds is 3. The molecule has 0 unspecified atom stereocenters. The van der Waals surface area contributed by atoms with Gasteiger partial charge in [0, 0.05) is 22.0 Å². The molecule has 0 aliphatic heterocycles. The standard InChI is InChI=1S/C19H17BrN2O2S/c1-12-17(13-6-10-16(24-3)11-7-13)22(2)19(25-12)21-18(23)14-4-8-15(20)9-5-14/h4-11H,1-3H3. The molecule has 0 bridgehead atoms. The topological polar surface area (TPSA) is 43.6 Å². The molecule has 0 saturated heterocycles. The summed E-state index contributed by atoms with van der Waals surface area (Å²) in [6.45, 7) is 2.04. The van der Waals surface area contributed by atoms with E-state index in [0.29, 0.717) is 10.4 Å². The van der Waals surface area contributed by atoms with E-state index >= 15 is 0 Å². The monoisotopic (exact) mass is 416 g/mol. The van der Waals surface area contributed by atoms with Gasteiger partial charge in [0.2, 0.25) is 0 Å². The molecule has 1 heterocycles. The minimum absolute atomic E-state index is 0.245. The Morgan fingerprint density at radius 3 is 2.36 bits per heavy atom. The van der Waals surface area contributed by atoms with Crippen molar-refractivity contribution in [3.8, 4) is 17.0 Å². The third-order valence-corrected chi connectivity index (χ3v) is 5.43. The van der Waals surface area contributed by atoms with E-state index in [1.807, 2.05) is 54.9 Å². The van der Waals surface area contributed by atoms with Gasteiger partial charge in [0.1, 0.15) is 5.75 Å². The van der Waals surface area contributed by atoms with Crippen LogP contribution in [0.5, 0.6) is 5.75 Å². The zero-order chi connectivity index (χ0) is 18.0. The summed E-state index contributed by atoms with van der Waals surface area (Å²) in [5.41, 5.74) is 2.69. The van der Waals surface area contributed by atoms with Crippen LogP contribution in [0.3, 0.4) is 0 Å². The second kappa shape index (κ2) is 7.37. The first-order valence-electron chi connectivity index (χ1n) is 7.65. The zero-order valence-corrected chi connectivity index (χ0v) is 16.5. The lowest BCUT2D eigenvalue weighted by Gasteiger charge is -2.06. The smallest absolute Gasteiger partial charge is 0.279 e. The van der Waals surface area contributed by atoms with Crippen LogP contribution in [-0.4, -0.2) is 17.6 Å². The van der Waals surface area contributed by atoms with Crippen molar-refractivity contribution in [2.24, 2.45) is 12.0 Å². The van der Waals surface area contributed by atoms with Gasteiger partial charge < -0.3 is 9.30 Å². The number of aryl methyl sites for hydroxylation is 1. The minimum Gasteiger partial charge on any atom is -0.497 e. The number of thiazole rings is 1. The molecular formula is C19H17BrN2O2S. The first-order valence-corrected chi connectivity index (χ1v) is 9.26. The molecule has 1 amide bonds. The number of aromatic nitrogens is 1. The van der Waals surface area contributed by atoms with E-state index < -0.39 is 0 Å². The van der Waals surface area contributed by atoms with Crippen LogP contribution in [-0.2, 0) is 7.05 Å². The van der Waals surface area contributed by atoms with E-state index in [9.17, 15) is 4.79 Å². The summed E-state index contributed by atoms with van der Waals surface area (Å²) in [4.78, 5) is 18.5. The van der Waals surface area contributed by atoms with Crippen molar-refractivity contribution in [1.29, 1.82) is 0 Å². The molecule has 1 aromatic heterocycles. The maximum absolute atomic E-state index is 12.4. The Kier molecular flexibility index (Phi) is 5.20. The largest absolute Gasteiger partial charge is 0.497 e. The summed E-state index contributed by atoms with van der Waals surface area (Å²) in [7, 11) is 3.58. The molecule has 0 atom stereocenters. The molecule has 0 aliphatic rings. The van der Waals surface area contributed by atoms with Crippen LogP contribution in [0.4, 0.5) is 0 Å². The highest BCUT2D eigenvalue weighted by Gasteiger charge is 2.12. The highest BCUT2D eigenvalue weighted by molar-refractivity contribution is 9.10. The summed E-state index contributed by atoms with van der Waals surface area (Å²) in [5, 5.41) is 0. The van der Waals surface area contributed by atoms with Gasteiger partial charge in [-0.1, -0.05) is 15.9 Å². The fourth-order valence-electron chi connectivity index (χ4n) is 2.57. The molecule has 6 heteroatoms. The lowest BCUT2D eigenvalue weighted by atomic mass is 10.1. The van der Waals surface area contributed by atoms with Gasteiger partial charge in [-0.3, -0.25) is 4.79 Å². The van der Waals surface area contributed by atoms with Crippen LogP contribution in [0.15, 0.2) is 58.0 Å². The Hall–Kier alpha value is -2.18. The average molecular weight is 417 g/mol. The number of carbonyl (C=O) groups excluding carboxylic acids is 1. The van der Waals surface area contributed by atoms with Gasteiger partial charge in [-0.15, -0.1) is 11.3 Å². The van der Waals surface area contributed by atoms with Crippen LogP contribution in [0.1, 0.15) is 15.2 Å². The first-order chi connectivity index (χ1) is 12.0. The fourth-order valence-corrected chi connectivity index (χ4v) is 3.82. The number of amides is 1. The molecule has 0 spiro atoms. The summed E-state index contributed by atoms with van der Waals surface area (Å²) in [5.74, 6) is 0.570. The molecule has 25 heavy (non-hydrogen) atoms. The van der Waals surface area contributed by atoms with Crippen LogP contribution >= 0.6 is 27.3 Å². The maximum Gasteiger partial charge on any atom is 0.279 e. The summed E-state index contributed by atoms with van der Waals surface area (Å²) < 4.78 is 8.10. The second-order valence-electron chi connectivity index (χ2n) is 5.50. The summed E-state index contributed by atoms with van der Waals surface area (Å²) >= 11 is 4.88. The van der Waals surface area contributed by atoms with E-state index in [0.717, 1.165) is 26.4 Å². The van der Waals surface area contributed by atoms with E-state index in [1.165, 1.54) is 11.3 Å². The van der Waals surface area contributed by atoms with Crippen molar-refractivity contribution in [3.63, 3.8) is 0 Å². The lowest BCUT2D eigenvalue weighted by Crippen LogP contribution is -2.14. The van der Waals surface area contributed by atoms with Gasteiger partial charge in [-0.25, -0.2) is 0 Å². The van der Waals surface area contributed by atoms with E-state index in [4.69, 9.17) is 4.74 Å². The Bertz CT molecular complexity index is 970. The van der Waals surface area contributed by atoms with Crippen LogP contribution < -0.4 is 9.54 Å². The third-order valence-electron chi connectivity index (χ3n) is 3.85. The normalized spacial score (nSPS) is 11.6. The predicted molar refractivity (Wildman–Crippen MR) is 104 cm³/mol. The lowest BCUT2D eigenvalue weighted by molar-refractivity contribution is 0.0998. The van der Waals surface area contributed by atoms with Gasteiger partial charge >= 0.3 is 0 Å². The van der Waals surface area contributed by atoms with Crippen LogP contribution in [0, 0.1) is 6.92 Å². The van der Waals surface area contributed by atoms with E-state index in [2.05, 4.69) is 20.9 Å². The molecule has 0 radical (unpaired) electrons. The number of carbonyl (C=O) groups is 1. The second-order valence-corrected chi connectivity index (χ2v) is 7.60. The maximum atomic E-state index is 12.4. The quantitative estimate of drug-likeness (QED) is 0.627. The molecule has 128 valence electrons. The number of halogens is 1. The number of ether oxygens (including phenoxy) is 1. The van der Waals surface area contributed by atoms with Crippen molar-refractivity contribution in [2.75, 3.05) is 7.11 Å². The number of benzene rings is 2. The van der Waals surface area contributed by atoms with Gasteiger partial charge in [0.15, 0.2) is 4.80 Å². The number of hydrogen-bond donors (Lipinski definition) is 0. The Labute approximate surface area is 158 Å². The minimum atomic E-state index is -0.245. The predicted octanol–water partition coefficient (Wildman–Crippen LogP) is 4.57. The molecule has 3 aromatic rings. The fraction of sp³-hybridized carbons (Fsp3) is 0.158. The van der Waals surface area contributed by atoms with E-state index in [-0.39, 0.29) is 5.91 Å². The SMILES string of the molecule is COc1ccc(-c2c(C)sc(=NC(=O)c3ccc(Br)cc3)n2C)cc1. The molecule has 0 fully saturated rings. The van der Waals surface area contributed by atoms with Gasteiger partial charge in [-0.05, 0) is 61.0 Å². The molecule has 2 aromatic carbocycles. The van der Waals surface area contributed by atoms with Crippen molar-refractivity contribution < 1.29 is 9.53 Å². The molecule has 0 N–H and O–H groups in total. The van der Waals surface area contributed by atoms with Gasteiger partial charge in [0.05, 0.1) is 12.8 Å². The molecule has 3 rings (SSSR count). The molecule has 4 nitrogen and oxygen atoms in total. The Balaban J connectivity index is 2.01. The number of hydrogen-bond acceptors (Lipinski definition) is 3. The first kappa shape index (κ1) is 17.6. The average Bonchev–Trinajstić information content (AvgIpc) is 2.89. The van der Waals surface area contributed by atoms with Gasteiger partial charge in [0.25, 0.3) is 5.91 Å². The highest BCUT2D eigenvalue weighted by atomic mass is 79.9. The van der Waals surface area contributed by atoms with E-state index in [1.54, 1.807) is 19.2 Å². The molecular weight excluding hydrogens is 400 g/mol. The number of nitrogens with zero attached hydrogens (tertiary/aromatic N) is 2. The van der Waals surface area contributed by atoms with Crippen molar-refractivity contribution >= 4 is 33.2 Å². The van der Waals surface area contributed by atoms with Crippen LogP contribution in [0.25, 0.3) is 11.3 Å². The Morgan fingerprint density at radius 1 is 1.12 bits per heavy atom. The summed E-state index contributed by atoms with van der Waals surface area (Å²) in [6, 6.07) is 15.1. The Morgan fingerprint density at radius 2 is 1.76 bits per heavy atom. The summed E-state index contributed by atoms with van der Waals surface area (Å²) in [6.07, 6.45) is 0. The van der Waals surface area contributed by atoms with Crippen molar-refractivity contribution in [1.82, 2.24) is 4.57 Å². The van der Waals surface area contributed by atoms with Crippen molar-refractivity contribution in [2.45, 2.75) is 6.92 Å². The third kappa shape index (κ3) is 3.75. The molecule has 0 aliphatic carbocycles.